The van der Waals surface area contributed by atoms with Crippen LogP contribution in [0.3, 0.4) is 0 Å². The third kappa shape index (κ3) is 3.36. The summed E-state index contributed by atoms with van der Waals surface area (Å²) in [4.78, 5) is 11.7. The molecule has 0 radical (unpaired) electrons. The van der Waals surface area contributed by atoms with Crippen molar-refractivity contribution in [1.29, 1.82) is 5.26 Å². The fraction of sp³-hybridized carbons (Fsp3) is 0.333. The van der Waals surface area contributed by atoms with Gasteiger partial charge in [-0.2, -0.15) is 5.26 Å². The predicted molar refractivity (Wildman–Crippen MR) is 75.9 cm³/mol. The molecule has 1 N–H and O–H groups in total. The van der Waals surface area contributed by atoms with Gasteiger partial charge in [-0.15, -0.1) is 0 Å². The summed E-state index contributed by atoms with van der Waals surface area (Å²) in [5.74, 6) is 0.110. The minimum absolute atomic E-state index is 0.0560. The second kappa shape index (κ2) is 5.07. The smallest absolute Gasteiger partial charge is 0.157 e. The minimum Gasteiger partial charge on any atom is -0.358 e. The molecule has 4 heteroatoms. The van der Waals surface area contributed by atoms with Crippen molar-refractivity contribution in [1.82, 2.24) is 0 Å². The molecule has 0 fully saturated rings. The van der Waals surface area contributed by atoms with Gasteiger partial charge >= 0.3 is 0 Å². The Hall–Kier alpha value is -1.79. The van der Waals surface area contributed by atoms with E-state index in [9.17, 15) is 4.79 Å². The first-order valence-corrected chi connectivity index (χ1v) is 6.47. The number of nitrogens with one attached hydrogen (secondary N) is 1. The number of hydrogen-bond acceptors (Lipinski definition) is 3. The van der Waals surface area contributed by atoms with Crippen LogP contribution in [-0.2, 0) is 4.79 Å². The molecule has 1 aromatic carbocycles. The summed E-state index contributed by atoms with van der Waals surface area (Å²) < 4.78 is 0. The Bertz CT molecular complexity index is 597. The number of carbonyl (C=O) groups excluding carboxylic acids is 1. The number of allylic oxidation sites excluding steroid dienone is 2. The normalized spacial score (nSPS) is 17.6. The Labute approximate surface area is 117 Å². The maximum atomic E-state index is 11.7. The first kappa shape index (κ1) is 13.6. The number of hydrogen-bond donors (Lipinski definition) is 1. The Balaban J connectivity index is 2.29. The van der Waals surface area contributed by atoms with Crippen LogP contribution in [0.4, 0.5) is 5.69 Å². The van der Waals surface area contributed by atoms with Crippen molar-refractivity contribution in [3.63, 3.8) is 0 Å². The molecule has 1 aliphatic carbocycles. The molecule has 0 heterocycles. The monoisotopic (exact) mass is 274 g/mol. The van der Waals surface area contributed by atoms with Crippen molar-refractivity contribution in [3.05, 3.63) is 40.6 Å². The zero-order valence-electron chi connectivity index (χ0n) is 11.0. The highest BCUT2D eigenvalue weighted by Crippen LogP contribution is 2.34. The summed E-state index contributed by atoms with van der Waals surface area (Å²) in [5, 5.41) is 12.8. The van der Waals surface area contributed by atoms with Crippen LogP contribution in [0.1, 0.15) is 32.3 Å². The summed E-state index contributed by atoms with van der Waals surface area (Å²) in [6.07, 6.45) is 2.95. The van der Waals surface area contributed by atoms with Gasteiger partial charge < -0.3 is 5.32 Å². The van der Waals surface area contributed by atoms with Gasteiger partial charge in [0.25, 0.3) is 0 Å². The summed E-state index contributed by atoms with van der Waals surface area (Å²) in [6.45, 7) is 4.12. The number of halogens is 1. The minimum atomic E-state index is -0.0560. The molecule has 3 nitrogen and oxygen atoms in total. The lowest BCUT2D eigenvalue weighted by Crippen LogP contribution is -2.24. The van der Waals surface area contributed by atoms with Crippen LogP contribution >= 0.6 is 11.6 Å². The van der Waals surface area contributed by atoms with Crippen LogP contribution < -0.4 is 5.32 Å². The summed E-state index contributed by atoms with van der Waals surface area (Å²) >= 11 is 5.94. The largest absolute Gasteiger partial charge is 0.358 e. The molecule has 0 atom stereocenters. The number of benzene rings is 1. The van der Waals surface area contributed by atoms with E-state index >= 15 is 0 Å². The van der Waals surface area contributed by atoms with E-state index in [1.165, 1.54) is 0 Å². The lowest BCUT2D eigenvalue weighted by atomic mass is 9.79. The molecule has 98 valence electrons. The first-order valence-electron chi connectivity index (χ1n) is 6.10. The summed E-state index contributed by atoms with van der Waals surface area (Å²) in [7, 11) is 0. The van der Waals surface area contributed by atoms with E-state index in [2.05, 4.69) is 25.2 Å². The van der Waals surface area contributed by atoms with E-state index in [1.54, 1.807) is 24.3 Å². The Morgan fingerprint density at radius 2 is 2.11 bits per heavy atom. The van der Waals surface area contributed by atoms with Gasteiger partial charge in [0.05, 0.1) is 11.3 Å². The lowest BCUT2D eigenvalue weighted by Gasteiger charge is -2.29. The number of anilines is 1. The number of ketones is 1. The molecule has 0 saturated carbocycles. The van der Waals surface area contributed by atoms with Crippen LogP contribution in [-0.4, -0.2) is 5.78 Å². The SMILES string of the molecule is CC1(C)CC(=O)C=C(Nc2cc(Cl)ccc2C#N)C1. The van der Waals surface area contributed by atoms with Crippen molar-refractivity contribution >= 4 is 23.1 Å². The van der Waals surface area contributed by atoms with Gasteiger partial charge in [-0.1, -0.05) is 25.4 Å². The molecule has 0 bridgehead atoms. The topological polar surface area (TPSA) is 52.9 Å². The summed E-state index contributed by atoms with van der Waals surface area (Å²) in [6, 6.07) is 7.16. The highest BCUT2D eigenvalue weighted by atomic mass is 35.5. The number of carbonyl (C=O) groups is 1. The molecular weight excluding hydrogens is 260 g/mol. The second-order valence-electron chi connectivity index (χ2n) is 5.58. The molecule has 0 aromatic heterocycles. The van der Waals surface area contributed by atoms with E-state index in [1.807, 2.05) is 0 Å². The molecule has 0 aliphatic heterocycles. The van der Waals surface area contributed by atoms with Crippen molar-refractivity contribution in [2.24, 2.45) is 5.41 Å². The predicted octanol–water partition coefficient (Wildman–Crippen LogP) is 3.90. The number of rotatable bonds is 2. The molecule has 0 spiro atoms. The van der Waals surface area contributed by atoms with Crippen LogP contribution in [0.2, 0.25) is 5.02 Å². The number of nitrogens with zero attached hydrogens (tertiary/aromatic N) is 1. The van der Waals surface area contributed by atoms with Crippen LogP contribution in [0.5, 0.6) is 0 Å². The van der Waals surface area contributed by atoms with E-state index in [0.717, 1.165) is 12.1 Å². The van der Waals surface area contributed by atoms with Gasteiger partial charge in [-0.05, 0) is 30.0 Å². The lowest BCUT2D eigenvalue weighted by molar-refractivity contribution is -0.117. The highest BCUT2D eigenvalue weighted by molar-refractivity contribution is 6.30. The molecule has 19 heavy (non-hydrogen) atoms. The molecule has 1 aliphatic rings. The molecule has 0 amide bonds. The first-order chi connectivity index (χ1) is 8.89. The quantitative estimate of drug-likeness (QED) is 0.890. The van der Waals surface area contributed by atoms with Gasteiger partial charge in [0.2, 0.25) is 0 Å². The Morgan fingerprint density at radius 3 is 2.74 bits per heavy atom. The third-order valence-electron chi connectivity index (χ3n) is 3.05. The Morgan fingerprint density at radius 1 is 1.37 bits per heavy atom. The molecule has 2 rings (SSSR count). The van der Waals surface area contributed by atoms with Gasteiger partial charge in [-0.25, -0.2) is 0 Å². The molecular formula is C15H15ClN2O. The molecule has 0 unspecified atom stereocenters. The Kier molecular flexibility index (Phi) is 3.64. The van der Waals surface area contributed by atoms with Crippen LogP contribution in [0, 0.1) is 16.7 Å². The third-order valence-corrected chi connectivity index (χ3v) is 3.29. The van der Waals surface area contributed by atoms with Crippen LogP contribution in [0.25, 0.3) is 0 Å². The summed E-state index contributed by atoms with van der Waals surface area (Å²) in [5.41, 5.74) is 1.94. The second-order valence-corrected chi connectivity index (χ2v) is 6.02. The molecule has 0 saturated heterocycles. The fourth-order valence-corrected chi connectivity index (χ4v) is 2.49. The van der Waals surface area contributed by atoms with Crippen molar-refractivity contribution in [2.75, 3.05) is 5.32 Å². The van der Waals surface area contributed by atoms with E-state index in [-0.39, 0.29) is 11.2 Å². The van der Waals surface area contributed by atoms with Gasteiger partial charge in [-0.3, -0.25) is 4.79 Å². The van der Waals surface area contributed by atoms with E-state index < -0.39 is 0 Å². The highest BCUT2D eigenvalue weighted by Gasteiger charge is 2.27. The van der Waals surface area contributed by atoms with Gasteiger partial charge in [0.1, 0.15) is 6.07 Å². The standard InChI is InChI=1S/C15H15ClN2O/c1-15(2)7-12(6-13(19)8-15)18-14-5-11(16)4-3-10(14)9-17/h3-6,18H,7-8H2,1-2H3. The van der Waals surface area contributed by atoms with Crippen LogP contribution in [0.15, 0.2) is 30.0 Å². The maximum absolute atomic E-state index is 11.7. The molecule has 1 aromatic rings. The van der Waals surface area contributed by atoms with E-state index in [4.69, 9.17) is 16.9 Å². The zero-order valence-corrected chi connectivity index (χ0v) is 11.7. The number of nitriles is 1. The average molecular weight is 275 g/mol. The zero-order chi connectivity index (χ0) is 14.0. The van der Waals surface area contributed by atoms with Gasteiger partial charge in [0.15, 0.2) is 5.78 Å². The average Bonchev–Trinajstić information content (AvgIpc) is 2.26. The van der Waals surface area contributed by atoms with Crippen molar-refractivity contribution < 1.29 is 4.79 Å². The maximum Gasteiger partial charge on any atom is 0.157 e. The fourth-order valence-electron chi connectivity index (χ4n) is 2.32. The van der Waals surface area contributed by atoms with Gasteiger partial charge in [0, 0.05) is 23.2 Å². The van der Waals surface area contributed by atoms with Crippen molar-refractivity contribution in [3.8, 4) is 6.07 Å². The van der Waals surface area contributed by atoms with E-state index in [0.29, 0.717) is 22.7 Å². The van der Waals surface area contributed by atoms with Crippen molar-refractivity contribution in [2.45, 2.75) is 26.7 Å².